The molecule has 2 fully saturated rings. The Bertz CT molecular complexity index is 224. The number of aliphatic hydroxyl groups excluding tert-OH is 5. The number of aliphatic hydroxyl groups is 5. The van der Waals surface area contributed by atoms with Gasteiger partial charge in [0.05, 0.1) is 24.4 Å². The summed E-state index contributed by atoms with van der Waals surface area (Å²) in [6, 6.07) is -0.677. The van der Waals surface area contributed by atoms with Crippen molar-refractivity contribution in [3.05, 3.63) is 0 Å². The Morgan fingerprint density at radius 3 is 1.79 bits per heavy atom. The van der Waals surface area contributed by atoms with Crippen LogP contribution in [0.1, 0.15) is 0 Å². The average molecular weight is 205 g/mol. The van der Waals surface area contributed by atoms with Crippen LogP contribution in [0.3, 0.4) is 0 Å². The molecule has 2 aliphatic rings. The molecule has 2 aliphatic heterocycles. The van der Waals surface area contributed by atoms with E-state index < -0.39 is 36.6 Å². The van der Waals surface area contributed by atoms with E-state index in [0.29, 0.717) is 0 Å². The molecule has 5 unspecified atom stereocenters. The summed E-state index contributed by atoms with van der Waals surface area (Å²) in [6.45, 7) is 0.379. The van der Waals surface area contributed by atoms with E-state index in [2.05, 4.69) is 0 Å². The molecule has 14 heavy (non-hydrogen) atoms. The van der Waals surface area contributed by atoms with E-state index in [0.717, 1.165) is 0 Å². The highest BCUT2D eigenvalue weighted by Gasteiger charge is 2.51. The highest BCUT2D eigenvalue weighted by atomic mass is 16.4. The number of hydrogen-bond acceptors (Lipinski definition) is 6. The molecule has 2 saturated heterocycles. The van der Waals surface area contributed by atoms with E-state index in [-0.39, 0.29) is 13.1 Å². The maximum Gasteiger partial charge on any atom is 0.109 e. The van der Waals surface area contributed by atoms with Gasteiger partial charge in [0.2, 0.25) is 0 Å². The Morgan fingerprint density at radius 1 is 0.714 bits per heavy atom. The van der Waals surface area contributed by atoms with Gasteiger partial charge in [-0.15, -0.1) is 0 Å². The van der Waals surface area contributed by atoms with Gasteiger partial charge in [0.25, 0.3) is 0 Å². The Labute approximate surface area is 81.0 Å². The summed E-state index contributed by atoms with van der Waals surface area (Å²) < 4.78 is 0. The van der Waals surface area contributed by atoms with Gasteiger partial charge >= 0.3 is 0 Å². The minimum absolute atomic E-state index is 0.164. The van der Waals surface area contributed by atoms with Crippen LogP contribution < -0.4 is 0 Å². The number of nitrogens with zero attached hydrogens (tertiary/aromatic N) is 1. The lowest BCUT2D eigenvalue weighted by Gasteiger charge is -2.40. The maximum absolute atomic E-state index is 9.58. The van der Waals surface area contributed by atoms with E-state index in [1.807, 2.05) is 0 Å². The summed E-state index contributed by atoms with van der Waals surface area (Å²) in [4.78, 5) is 1.59. The fourth-order valence-electron chi connectivity index (χ4n) is 2.31. The minimum Gasteiger partial charge on any atom is -0.389 e. The lowest BCUT2D eigenvalue weighted by Crippen LogP contribution is -2.61. The van der Waals surface area contributed by atoms with Crippen molar-refractivity contribution in [2.45, 2.75) is 36.6 Å². The van der Waals surface area contributed by atoms with Crippen molar-refractivity contribution in [2.75, 3.05) is 13.1 Å². The monoisotopic (exact) mass is 205 g/mol. The van der Waals surface area contributed by atoms with Gasteiger partial charge in [-0.1, -0.05) is 0 Å². The largest absolute Gasteiger partial charge is 0.389 e. The summed E-state index contributed by atoms with van der Waals surface area (Å²) >= 11 is 0. The first-order chi connectivity index (χ1) is 6.52. The SMILES string of the molecule is OC1CN2CC(O)[C@@H](O)C2C(O)C1O. The first-order valence-corrected chi connectivity index (χ1v) is 4.66. The third kappa shape index (κ3) is 1.35. The van der Waals surface area contributed by atoms with Crippen LogP contribution in [-0.2, 0) is 0 Å². The van der Waals surface area contributed by atoms with Crippen LogP contribution >= 0.6 is 0 Å². The van der Waals surface area contributed by atoms with Crippen molar-refractivity contribution in [3.8, 4) is 0 Å². The van der Waals surface area contributed by atoms with Crippen LogP contribution in [0.4, 0.5) is 0 Å². The molecule has 6 atom stereocenters. The zero-order valence-electron chi connectivity index (χ0n) is 7.56. The smallest absolute Gasteiger partial charge is 0.109 e. The number of piperidine rings is 1. The predicted octanol–water partition coefficient (Wildman–Crippen LogP) is -3.51. The fourth-order valence-corrected chi connectivity index (χ4v) is 2.31. The molecule has 0 radical (unpaired) electrons. The van der Waals surface area contributed by atoms with Gasteiger partial charge in [-0.25, -0.2) is 0 Å². The molecule has 6 nitrogen and oxygen atoms in total. The van der Waals surface area contributed by atoms with Gasteiger partial charge in [0.1, 0.15) is 12.2 Å². The molecule has 0 aromatic heterocycles. The third-order valence-corrected chi connectivity index (χ3v) is 3.10. The molecule has 0 saturated carbocycles. The predicted molar refractivity (Wildman–Crippen MR) is 45.4 cm³/mol. The Kier molecular flexibility index (Phi) is 2.50. The third-order valence-electron chi connectivity index (χ3n) is 3.10. The number of fused-ring (bicyclic) bond motifs is 1. The van der Waals surface area contributed by atoms with Gasteiger partial charge in [-0.05, 0) is 0 Å². The van der Waals surface area contributed by atoms with Crippen molar-refractivity contribution < 1.29 is 25.5 Å². The second-order valence-corrected chi connectivity index (χ2v) is 4.05. The highest BCUT2D eigenvalue weighted by Crippen LogP contribution is 2.28. The molecule has 0 spiro atoms. The first kappa shape index (κ1) is 10.3. The van der Waals surface area contributed by atoms with Crippen LogP contribution in [0.2, 0.25) is 0 Å². The molecule has 2 heterocycles. The van der Waals surface area contributed by atoms with Crippen LogP contribution in [0, 0.1) is 0 Å². The Hall–Kier alpha value is -0.240. The highest BCUT2D eigenvalue weighted by molar-refractivity contribution is 5.04. The van der Waals surface area contributed by atoms with Crippen LogP contribution in [0.5, 0.6) is 0 Å². The summed E-state index contributed by atoms with van der Waals surface area (Å²) in [6.07, 6.45) is -5.49. The zero-order valence-corrected chi connectivity index (χ0v) is 7.56. The molecule has 0 amide bonds. The first-order valence-electron chi connectivity index (χ1n) is 4.66. The normalized spacial score (nSPS) is 54.6. The van der Waals surface area contributed by atoms with Crippen molar-refractivity contribution in [2.24, 2.45) is 0 Å². The van der Waals surface area contributed by atoms with Gasteiger partial charge in [0, 0.05) is 13.1 Å². The van der Waals surface area contributed by atoms with Crippen molar-refractivity contribution in [3.63, 3.8) is 0 Å². The van der Waals surface area contributed by atoms with Gasteiger partial charge in [-0.3, -0.25) is 4.90 Å². The van der Waals surface area contributed by atoms with E-state index in [9.17, 15) is 25.5 Å². The fraction of sp³-hybridized carbons (Fsp3) is 1.00. The lowest BCUT2D eigenvalue weighted by atomic mass is 9.93. The Balaban J connectivity index is 2.18. The number of rotatable bonds is 0. The standard InChI is InChI=1S/C8H15NO5/c10-3-1-9-2-4(11)7(13)8(14)5(9)6(3)12/h3-8,10-14H,1-2H2/t3?,4?,5?,6-,7?,8?/m1/s1. The maximum atomic E-state index is 9.58. The molecule has 0 aromatic rings. The van der Waals surface area contributed by atoms with E-state index in [1.54, 1.807) is 4.90 Å². The molecule has 82 valence electrons. The second-order valence-electron chi connectivity index (χ2n) is 4.05. The van der Waals surface area contributed by atoms with Crippen molar-refractivity contribution >= 4 is 0 Å². The molecular formula is C8H15NO5. The van der Waals surface area contributed by atoms with Gasteiger partial charge in [0.15, 0.2) is 0 Å². The quantitative estimate of drug-likeness (QED) is 0.281. The summed E-state index contributed by atoms with van der Waals surface area (Å²) in [7, 11) is 0. The Morgan fingerprint density at radius 2 is 1.21 bits per heavy atom. The minimum atomic E-state index is -1.25. The molecular weight excluding hydrogens is 190 g/mol. The average Bonchev–Trinajstić information content (AvgIpc) is 2.39. The molecule has 5 N–H and O–H groups in total. The molecule has 0 aromatic carbocycles. The summed E-state index contributed by atoms with van der Waals surface area (Å²) in [5.41, 5.74) is 0. The second kappa shape index (κ2) is 3.41. The molecule has 0 aliphatic carbocycles. The van der Waals surface area contributed by atoms with E-state index >= 15 is 0 Å². The van der Waals surface area contributed by atoms with E-state index in [1.165, 1.54) is 0 Å². The van der Waals surface area contributed by atoms with Crippen molar-refractivity contribution in [1.29, 1.82) is 0 Å². The van der Waals surface area contributed by atoms with Gasteiger partial charge < -0.3 is 25.5 Å². The van der Waals surface area contributed by atoms with Crippen molar-refractivity contribution in [1.82, 2.24) is 4.90 Å². The number of hydrogen-bond donors (Lipinski definition) is 5. The topological polar surface area (TPSA) is 104 Å². The summed E-state index contributed by atoms with van der Waals surface area (Å²) in [5, 5.41) is 47.2. The zero-order chi connectivity index (χ0) is 10.5. The van der Waals surface area contributed by atoms with Crippen LogP contribution in [0.25, 0.3) is 0 Å². The molecule has 6 heteroatoms. The van der Waals surface area contributed by atoms with Crippen LogP contribution in [0.15, 0.2) is 0 Å². The molecule has 2 rings (SSSR count). The summed E-state index contributed by atoms with van der Waals surface area (Å²) in [5.74, 6) is 0. The molecule has 0 bridgehead atoms. The van der Waals surface area contributed by atoms with Crippen LogP contribution in [-0.4, -0.2) is 80.1 Å². The lowest BCUT2D eigenvalue weighted by molar-refractivity contribution is -0.142. The van der Waals surface area contributed by atoms with Gasteiger partial charge in [-0.2, -0.15) is 0 Å². The van der Waals surface area contributed by atoms with E-state index in [4.69, 9.17) is 0 Å².